The van der Waals surface area contributed by atoms with Crippen molar-refractivity contribution in [2.24, 2.45) is 0 Å². The highest BCUT2D eigenvalue weighted by Crippen LogP contribution is 2.07. The zero-order valence-corrected chi connectivity index (χ0v) is 8.00. The van der Waals surface area contributed by atoms with E-state index in [0.717, 1.165) is 0 Å². The van der Waals surface area contributed by atoms with E-state index in [9.17, 15) is 9.18 Å². The van der Waals surface area contributed by atoms with Crippen LogP contribution in [0.25, 0.3) is 0 Å². The highest BCUT2D eigenvalue weighted by atomic mass is 19.1. The van der Waals surface area contributed by atoms with Gasteiger partial charge in [-0.3, -0.25) is 0 Å². The number of carbonyl (C=O) groups is 1. The maximum Gasteiger partial charge on any atom is 0.338 e. The summed E-state index contributed by atoms with van der Waals surface area (Å²) in [5.41, 5.74) is 0.341. The van der Waals surface area contributed by atoms with Crippen LogP contribution in [-0.2, 0) is 4.74 Å². The normalized spacial score (nSPS) is 12.2. The average molecular weight is 195 g/mol. The molecule has 0 spiro atoms. The van der Waals surface area contributed by atoms with Crippen LogP contribution in [0, 0.1) is 12.7 Å². The molecule has 0 heterocycles. The van der Waals surface area contributed by atoms with E-state index in [1.807, 2.05) is 6.92 Å². The summed E-state index contributed by atoms with van der Waals surface area (Å²) in [5, 5.41) is 0. The lowest BCUT2D eigenvalue weighted by molar-refractivity contribution is 0.0384. The van der Waals surface area contributed by atoms with Gasteiger partial charge >= 0.3 is 5.97 Å². The fraction of sp³-hybridized carbons (Fsp3) is 0.273. The Bertz CT molecular complexity index is 306. The number of carbonyl (C=O) groups excluding carboxylic acids is 1. The fourth-order valence-electron chi connectivity index (χ4n) is 0.889. The molecule has 0 aliphatic carbocycles. The lowest BCUT2D eigenvalue weighted by Crippen LogP contribution is -2.14. The van der Waals surface area contributed by atoms with Crippen molar-refractivity contribution in [3.63, 3.8) is 0 Å². The Morgan fingerprint density at radius 2 is 2.07 bits per heavy atom. The van der Waals surface area contributed by atoms with Crippen molar-refractivity contribution in [2.45, 2.75) is 19.4 Å². The van der Waals surface area contributed by atoms with Gasteiger partial charge in [-0.15, -0.1) is 0 Å². The van der Waals surface area contributed by atoms with Gasteiger partial charge in [0.25, 0.3) is 0 Å². The molecule has 1 atom stereocenters. The van der Waals surface area contributed by atoms with Gasteiger partial charge in [0.15, 0.2) is 0 Å². The highest BCUT2D eigenvalue weighted by Gasteiger charge is 2.10. The van der Waals surface area contributed by atoms with Crippen LogP contribution in [0.1, 0.15) is 23.7 Å². The largest absolute Gasteiger partial charge is 0.459 e. The summed E-state index contributed by atoms with van der Waals surface area (Å²) in [6.45, 7) is 5.49. The quantitative estimate of drug-likeness (QED) is 0.693. The van der Waals surface area contributed by atoms with Crippen molar-refractivity contribution in [2.75, 3.05) is 0 Å². The summed E-state index contributed by atoms with van der Waals surface area (Å²) >= 11 is 0. The number of ether oxygens (including phenoxy) is 1. The summed E-state index contributed by atoms with van der Waals surface area (Å²) in [6.07, 6.45) is 0.306. The fourth-order valence-corrected chi connectivity index (χ4v) is 0.889. The Morgan fingerprint density at radius 1 is 1.50 bits per heavy atom. The Hall–Kier alpha value is -1.38. The van der Waals surface area contributed by atoms with Gasteiger partial charge in [-0.1, -0.05) is 6.92 Å². The summed E-state index contributed by atoms with van der Waals surface area (Å²) in [6, 6.07) is 5.22. The molecular weight excluding hydrogens is 183 g/mol. The maximum atomic E-state index is 12.5. The topological polar surface area (TPSA) is 26.3 Å². The second-order valence-electron chi connectivity index (χ2n) is 2.94. The standard InChI is InChI=1S/C11H12FO2/c1-3-8(2)14-11(13)9-4-6-10(12)7-5-9/h4-8H,2-3H2,1H3. The average Bonchev–Trinajstić information content (AvgIpc) is 2.18. The van der Waals surface area contributed by atoms with Gasteiger partial charge in [-0.05, 0) is 37.6 Å². The molecule has 1 aromatic carbocycles. The molecule has 1 unspecified atom stereocenters. The second-order valence-corrected chi connectivity index (χ2v) is 2.94. The molecule has 1 aromatic rings. The van der Waals surface area contributed by atoms with Crippen molar-refractivity contribution in [1.29, 1.82) is 0 Å². The van der Waals surface area contributed by atoms with Crippen LogP contribution in [0.3, 0.4) is 0 Å². The van der Waals surface area contributed by atoms with Crippen LogP contribution >= 0.6 is 0 Å². The summed E-state index contributed by atoms with van der Waals surface area (Å²) in [5.74, 6) is -0.838. The predicted molar refractivity (Wildman–Crippen MR) is 51.3 cm³/mol. The summed E-state index contributed by atoms with van der Waals surface area (Å²) in [7, 11) is 0. The number of halogens is 1. The first-order chi connectivity index (χ1) is 6.63. The second kappa shape index (κ2) is 4.74. The summed E-state index contributed by atoms with van der Waals surface area (Å²) < 4.78 is 17.5. The first kappa shape index (κ1) is 10.7. The Kier molecular flexibility index (Phi) is 3.63. The third kappa shape index (κ3) is 2.83. The van der Waals surface area contributed by atoms with Crippen LogP contribution in [0.15, 0.2) is 24.3 Å². The van der Waals surface area contributed by atoms with E-state index in [4.69, 9.17) is 4.74 Å². The number of rotatable bonds is 3. The molecule has 0 aliphatic heterocycles. The van der Waals surface area contributed by atoms with E-state index < -0.39 is 5.97 Å². The van der Waals surface area contributed by atoms with Crippen molar-refractivity contribution < 1.29 is 13.9 Å². The molecule has 0 bridgehead atoms. The Labute approximate surface area is 82.7 Å². The van der Waals surface area contributed by atoms with Gasteiger partial charge in [0, 0.05) is 0 Å². The summed E-state index contributed by atoms with van der Waals surface area (Å²) in [4.78, 5) is 11.3. The minimum atomic E-state index is -0.466. The number of hydrogen-bond donors (Lipinski definition) is 0. The molecule has 75 valence electrons. The van der Waals surface area contributed by atoms with Crippen LogP contribution < -0.4 is 0 Å². The molecule has 0 amide bonds. The van der Waals surface area contributed by atoms with E-state index in [1.54, 1.807) is 0 Å². The number of hydrogen-bond acceptors (Lipinski definition) is 2. The zero-order chi connectivity index (χ0) is 10.6. The number of esters is 1. The highest BCUT2D eigenvalue weighted by molar-refractivity contribution is 5.89. The molecule has 3 heteroatoms. The van der Waals surface area contributed by atoms with Crippen LogP contribution in [-0.4, -0.2) is 12.1 Å². The maximum absolute atomic E-state index is 12.5. The minimum absolute atomic E-state index is 0.341. The van der Waals surface area contributed by atoms with Crippen molar-refractivity contribution >= 4 is 5.97 Å². The monoisotopic (exact) mass is 195 g/mol. The van der Waals surface area contributed by atoms with E-state index in [2.05, 4.69) is 6.92 Å². The SMILES string of the molecule is [CH2]C(CC)OC(=O)c1ccc(F)cc1. The van der Waals surface area contributed by atoms with Crippen molar-refractivity contribution in [3.05, 3.63) is 42.6 Å². The third-order valence-electron chi connectivity index (χ3n) is 1.81. The molecule has 0 fully saturated rings. The van der Waals surface area contributed by atoms with E-state index in [1.165, 1.54) is 24.3 Å². The molecule has 0 saturated carbocycles. The first-order valence-corrected chi connectivity index (χ1v) is 4.43. The van der Waals surface area contributed by atoms with Gasteiger partial charge < -0.3 is 4.74 Å². The molecule has 0 saturated heterocycles. The molecule has 2 nitrogen and oxygen atoms in total. The lowest BCUT2D eigenvalue weighted by Gasteiger charge is -2.10. The Balaban J connectivity index is 2.65. The number of benzene rings is 1. The third-order valence-corrected chi connectivity index (χ3v) is 1.81. The van der Waals surface area contributed by atoms with Crippen LogP contribution in [0.5, 0.6) is 0 Å². The predicted octanol–water partition coefficient (Wildman–Crippen LogP) is 2.60. The minimum Gasteiger partial charge on any atom is -0.459 e. The molecule has 1 radical (unpaired) electrons. The van der Waals surface area contributed by atoms with E-state index in [0.29, 0.717) is 12.0 Å². The molecule has 0 N–H and O–H groups in total. The lowest BCUT2D eigenvalue weighted by atomic mass is 10.2. The van der Waals surface area contributed by atoms with E-state index >= 15 is 0 Å². The molecule has 0 aliphatic rings. The molecule has 0 aromatic heterocycles. The van der Waals surface area contributed by atoms with Gasteiger partial charge in [-0.25, -0.2) is 9.18 Å². The first-order valence-electron chi connectivity index (χ1n) is 4.43. The molecule has 14 heavy (non-hydrogen) atoms. The van der Waals surface area contributed by atoms with Gasteiger partial charge in [0.2, 0.25) is 0 Å². The smallest absolute Gasteiger partial charge is 0.338 e. The van der Waals surface area contributed by atoms with Crippen LogP contribution in [0.2, 0.25) is 0 Å². The van der Waals surface area contributed by atoms with E-state index in [-0.39, 0.29) is 11.9 Å². The van der Waals surface area contributed by atoms with Gasteiger partial charge in [-0.2, -0.15) is 0 Å². The van der Waals surface area contributed by atoms with Crippen molar-refractivity contribution in [3.8, 4) is 0 Å². The van der Waals surface area contributed by atoms with Gasteiger partial charge in [0.05, 0.1) is 5.56 Å². The van der Waals surface area contributed by atoms with Gasteiger partial charge in [0.1, 0.15) is 11.9 Å². The molecular formula is C11H12FO2. The Morgan fingerprint density at radius 3 is 2.57 bits per heavy atom. The van der Waals surface area contributed by atoms with Crippen molar-refractivity contribution in [1.82, 2.24) is 0 Å². The zero-order valence-electron chi connectivity index (χ0n) is 8.00. The van der Waals surface area contributed by atoms with Crippen LogP contribution in [0.4, 0.5) is 4.39 Å². The molecule has 1 rings (SSSR count).